The van der Waals surface area contributed by atoms with E-state index in [0.29, 0.717) is 11.6 Å². The summed E-state index contributed by atoms with van der Waals surface area (Å²) in [6.45, 7) is 4.29. The van der Waals surface area contributed by atoms with Crippen molar-refractivity contribution < 1.29 is 13.2 Å². The Morgan fingerprint density at radius 1 is 0.938 bits per heavy atom. The van der Waals surface area contributed by atoms with E-state index in [1.165, 1.54) is 37.7 Å². The number of hydrogen-bond donors (Lipinski definition) is 1. The van der Waals surface area contributed by atoms with Gasteiger partial charge in [-0.25, -0.2) is 9.97 Å². The van der Waals surface area contributed by atoms with E-state index in [9.17, 15) is 13.2 Å². The SMILES string of the molecule is Cc1cc(Nc2nccc(C(F)(F)F)n2)cc(-c2ccc(C(C)C3CCCCC3)cc2)c1. The molecule has 3 nitrogen and oxygen atoms in total. The highest BCUT2D eigenvalue weighted by molar-refractivity contribution is 5.71. The molecule has 4 rings (SSSR count). The highest BCUT2D eigenvalue weighted by Crippen LogP contribution is 2.36. The molecule has 1 unspecified atom stereocenters. The van der Waals surface area contributed by atoms with Crippen molar-refractivity contribution in [2.75, 3.05) is 5.32 Å². The Labute approximate surface area is 187 Å². The van der Waals surface area contributed by atoms with Gasteiger partial charge in [-0.2, -0.15) is 13.2 Å². The number of anilines is 2. The van der Waals surface area contributed by atoms with Crippen LogP contribution in [0, 0.1) is 12.8 Å². The van der Waals surface area contributed by atoms with Crippen molar-refractivity contribution in [3.8, 4) is 11.1 Å². The van der Waals surface area contributed by atoms with E-state index in [-0.39, 0.29) is 5.95 Å². The van der Waals surface area contributed by atoms with Crippen LogP contribution in [0.15, 0.2) is 54.7 Å². The number of halogens is 3. The van der Waals surface area contributed by atoms with Crippen molar-refractivity contribution in [1.29, 1.82) is 0 Å². The number of aromatic nitrogens is 2. The molecule has 32 heavy (non-hydrogen) atoms. The second kappa shape index (κ2) is 9.31. The van der Waals surface area contributed by atoms with Crippen molar-refractivity contribution in [3.05, 3.63) is 71.5 Å². The van der Waals surface area contributed by atoms with Crippen LogP contribution in [0.2, 0.25) is 0 Å². The maximum atomic E-state index is 12.9. The molecule has 0 spiro atoms. The lowest BCUT2D eigenvalue weighted by Gasteiger charge is -2.28. The van der Waals surface area contributed by atoms with Crippen LogP contribution in [-0.2, 0) is 6.18 Å². The Morgan fingerprint density at radius 3 is 2.34 bits per heavy atom. The molecule has 2 aromatic carbocycles. The fourth-order valence-electron chi connectivity index (χ4n) is 4.61. The zero-order valence-electron chi connectivity index (χ0n) is 18.4. The Kier molecular flexibility index (Phi) is 6.49. The lowest BCUT2D eigenvalue weighted by atomic mass is 9.77. The highest BCUT2D eigenvalue weighted by Gasteiger charge is 2.32. The molecule has 3 aromatic rings. The zero-order valence-corrected chi connectivity index (χ0v) is 18.4. The number of rotatable bonds is 5. The first kappa shape index (κ1) is 22.3. The molecule has 0 aliphatic heterocycles. The summed E-state index contributed by atoms with van der Waals surface area (Å²) in [5, 5.41) is 2.92. The van der Waals surface area contributed by atoms with Crippen LogP contribution in [0.25, 0.3) is 11.1 Å². The first-order valence-electron chi connectivity index (χ1n) is 11.2. The van der Waals surface area contributed by atoms with Gasteiger partial charge in [-0.15, -0.1) is 0 Å². The number of hydrogen-bond acceptors (Lipinski definition) is 3. The van der Waals surface area contributed by atoms with E-state index >= 15 is 0 Å². The summed E-state index contributed by atoms with van der Waals surface area (Å²) >= 11 is 0. The highest BCUT2D eigenvalue weighted by atomic mass is 19.4. The van der Waals surface area contributed by atoms with E-state index < -0.39 is 11.9 Å². The molecular formula is C26H28F3N3. The van der Waals surface area contributed by atoms with Crippen LogP contribution in [0.4, 0.5) is 24.8 Å². The number of aryl methyl sites for hydroxylation is 1. The van der Waals surface area contributed by atoms with Gasteiger partial charge >= 0.3 is 6.18 Å². The van der Waals surface area contributed by atoms with Gasteiger partial charge in [0.2, 0.25) is 5.95 Å². The standard InChI is InChI=1S/C26H28F3N3/c1-17-14-22(16-23(15-17)31-25-30-13-12-24(32-25)26(27,28)29)21-10-8-20(9-11-21)18(2)19-6-4-3-5-7-19/h8-16,18-19H,3-7H2,1-2H3,(H,30,31,32). The average Bonchev–Trinajstić information content (AvgIpc) is 2.78. The molecule has 1 aromatic heterocycles. The summed E-state index contributed by atoms with van der Waals surface area (Å²) in [6.07, 6.45) is 3.26. The van der Waals surface area contributed by atoms with E-state index in [4.69, 9.17) is 0 Å². The van der Waals surface area contributed by atoms with Gasteiger partial charge < -0.3 is 5.32 Å². The molecule has 0 amide bonds. The maximum Gasteiger partial charge on any atom is 0.433 e. The van der Waals surface area contributed by atoms with Gasteiger partial charge in [-0.1, -0.05) is 56.5 Å². The summed E-state index contributed by atoms with van der Waals surface area (Å²) in [4.78, 5) is 7.53. The van der Waals surface area contributed by atoms with E-state index in [2.05, 4.69) is 52.5 Å². The van der Waals surface area contributed by atoms with Crippen LogP contribution in [-0.4, -0.2) is 9.97 Å². The van der Waals surface area contributed by atoms with Gasteiger partial charge in [-0.3, -0.25) is 0 Å². The second-order valence-corrected chi connectivity index (χ2v) is 8.78. The third-order valence-corrected chi connectivity index (χ3v) is 6.41. The molecule has 168 valence electrons. The molecule has 0 bridgehead atoms. The lowest BCUT2D eigenvalue weighted by molar-refractivity contribution is -0.141. The van der Waals surface area contributed by atoms with Gasteiger partial charge in [0.25, 0.3) is 0 Å². The van der Waals surface area contributed by atoms with Gasteiger partial charge in [0.05, 0.1) is 0 Å². The molecule has 1 aliphatic carbocycles. The van der Waals surface area contributed by atoms with E-state index in [1.54, 1.807) is 0 Å². The lowest BCUT2D eigenvalue weighted by Crippen LogP contribution is -2.13. The largest absolute Gasteiger partial charge is 0.433 e. The average molecular weight is 440 g/mol. The van der Waals surface area contributed by atoms with E-state index in [1.807, 2.05) is 19.1 Å². The fourth-order valence-corrected chi connectivity index (χ4v) is 4.61. The normalized spacial score (nSPS) is 16.0. The fraction of sp³-hybridized carbons (Fsp3) is 0.385. The van der Waals surface area contributed by atoms with Crippen LogP contribution >= 0.6 is 0 Å². The summed E-state index contributed by atoms with van der Waals surface area (Å²) in [5.74, 6) is 1.24. The van der Waals surface area contributed by atoms with Gasteiger partial charge in [-0.05, 0) is 72.1 Å². The minimum absolute atomic E-state index is 0.0759. The number of alkyl halides is 3. The summed E-state index contributed by atoms with van der Waals surface area (Å²) < 4.78 is 38.8. The smallest absolute Gasteiger partial charge is 0.324 e. The molecule has 6 heteroatoms. The zero-order chi connectivity index (χ0) is 22.7. The number of benzene rings is 2. The molecule has 0 saturated heterocycles. The minimum atomic E-state index is -4.51. The minimum Gasteiger partial charge on any atom is -0.324 e. The Balaban J connectivity index is 1.54. The summed E-state index contributed by atoms with van der Waals surface area (Å²) in [6, 6.07) is 15.4. The third-order valence-electron chi connectivity index (χ3n) is 6.41. The van der Waals surface area contributed by atoms with Crippen LogP contribution < -0.4 is 5.32 Å². The maximum absolute atomic E-state index is 12.9. The van der Waals surface area contributed by atoms with Crippen molar-refractivity contribution in [2.45, 2.75) is 58.0 Å². The van der Waals surface area contributed by atoms with Crippen LogP contribution in [0.3, 0.4) is 0 Å². The molecule has 0 radical (unpaired) electrons. The van der Waals surface area contributed by atoms with Gasteiger partial charge in [0.1, 0.15) is 5.69 Å². The topological polar surface area (TPSA) is 37.8 Å². The summed E-state index contributed by atoms with van der Waals surface area (Å²) in [5.41, 5.74) is 4.11. The van der Waals surface area contributed by atoms with Crippen molar-refractivity contribution in [3.63, 3.8) is 0 Å². The molecule has 1 heterocycles. The van der Waals surface area contributed by atoms with Crippen molar-refractivity contribution in [2.24, 2.45) is 5.92 Å². The van der Waals surface area contributed by atoms with Gasteiger partial charge in [0, 0.05) is 11.9 Å². The van der Waals surface area contributed by atoms with Crippen molar-refractivity contribution in [1.82, 2.24) is 9.97 Å². The van der Waals surface area contributed by atoms with Crippen LogP contribution in [0.5, 0.6) is 0 Å². The molecular weight excluding hydrogens is 411 g/mol. The predicted octanol–water partition coefficient (Wildman–Crippen LogP) is 7.90. The predicted molar refractivity (Wildman–Crippen MR) is 122 cm³/mol. The number of nitrogens with one attached hydrogen (secondary N) is 1. The number of nitrogens with zero attached hydrogens (tertiary/aromatic N) is 2. The molecule has 1 atom stereocenters. The summed E-state index contributed by atoms with van der Waals surface area (Å²) in [7, 11) is 0. The third kappa shape index (κ3) is 5.29. The molecule has 1 N–H and O–H groups in total. The van der Waals surface area contributed by atoms with Crippen molar-refractivity contribution >= 4 is 11.6 Å². The second-order valence-electron chi connectivity index (χ2n) is 8.78. The monoisotopic (exact) mass is 439 g/mol. The first-order valence-corrected chi connectivity index (χ1v) is 11.2. The van der Waals surface area contributed by atoms with E-state index in [0.717, 1.165) is 34.9 Å². The van der Waals surface area contributed by atoms with Crippen LogP contribution in [0.1, 0.15) is 61.8 Å². The Morgan fingerprint density at radius 2 is 1.66 bits per heavy atom. The molecule has 1 aliphatic rings. The van der Waals surface area contributed by atoms with Gasteiger partial charge in [0.15, 0.2) is 0 Å². The quantitative estimate of drug-likeness (QED) is 0.439. The first-order chi connectivity index (χ1) is 15.3. The Hall–Kier alpha value is -2.89. The Bertz CT molecular complexity index is 1050. The molecule has 1 fully saturated rings. The molecule has 1 saturated carbocycles.